The summed E-state index contributed by atoms with van der Waals surface area (Å²) in [4.78, 5) is 24.5. The molecular weight excluding hydrogens is 429 g/mol. The van der Waals surface area contributed by atoms with Gasteiger partial charge in [0.1, 0.15) is 12.4 Å². The number of hydrogen-bond acceptors (Lipinski definition) is 5. The minimum Gasteiger partial charge on any atom is -0.356 e. The summed E-state index contributed by atoms with van der Waals surface area (Å²) >= 11 is 3.36. The minimum atomic E-state index is -0.488. The maximum absolute atomic E-state index is 14.2. The van der Waals surface area contributed by atoms with Crippen molar-refractivity contribution >= 4 is 27.6 Å². The molecule has 1 amide bonds. The molecule has 0 aliphatic rings. The number of tetrazole rings is 1. The average Bonchev–Trinajstić information content (AvgIpc) is 3.11. The van der Waals surface area contributed by atoms with E-state index in [2.05, 4.69) is 36.7 Å². The smallest absolute Gasteiger partial charge is 0.216 e. The van der Waals surface area contributed by atoms with Gasteiger partial charge in [-0.1, -0.05) is 28.1 Å². The molecule has 0 aliphatic carbocycles. The van der Waals surface area contributed by atoms with Crippen LogP contribution in [0.3, 0.4) is 0 Å². The summed E-state index contributed by atoms with van der Waals surface area (Å²) in [5, 5.41) is 14.6. The van der Waals surface area contributed by atoms with Crippen molar-refractivity contribution in [3.05, 3.63) is 63.9 Å². The van der Waals surface area contributed by atoms with Gasteiger partial charge in [0.2, 0.25) is 11.7 Å². The van der Waals surface area contributed by atoms with Crippen molar-refractivity contribution < 1.29 is 14.0 Å². The topological polar surface area (TPSA) is 89.8 Å². The Balaban J connectivity index is 1.65. The maximum atomic E-state index is 14.2. The molecular formula is C19H17BrFN5O2. The fourth-order valence-electron chi connectivity index (χ4n) is 2.54. The molecule has 144 valence electrons. The lowest BCUT2D eigenvalue weighted by Gasteiger charge is -2.06. The van der Waals surface area contributed by atoms with Crippen molar-refractivity contribution in [2.45, 2.75) is 19.9 Å². The van der Waals surface area contributed by atoms with Gasteiger partial charge in [0.15, 0.2) is 5.78 Å². The molecule has 9 heteroatoms. The van der Waals surface area contributed by atoms with E-state index in [1.54, 1.807) is 12.1 Å². The van der Waals surface area contributed by atoms with Crippen molar-refractivity contribution in [1.82, 2.24) is 25.5 Å². The van der Waals surface area contributed by atoms with Crippen LogP contribution >= 0.6 is 15.9 Å². The van der Waals surface area contributed by atoms with Crippen LogP contribution in [-0.4, -0.2) is 38.4 Å². The molecule has 0 aliphatic heterocycles. The van der Waals surface area contributed by atoms with Crippen LogP contribution in [0.4, 0.5) is 4.39 Å². The zero-order valence-corrected chi connectivity index (χ0v) is 16.6. The molecule has 0 atom stereocenters. The highest BCUT2D eigenvalue weighted by molar-refractivity contribution is 9.10. The summed E-state index contributed by atoms with van der Waals surface area (Å²) < 4.78 is 15.1. The quantitative estimate of drug-likeness (QED) is 0.564. The number of amides is 1. The Kier molecular flexibility index (Phi) is 6.25. The highest BCUT2D eigenvalue weighted by atomic mass is 79.9. The second-order valence-corrected chi connectivity index (χ2v) is 7.03. The van der Waals surface area contributed by atoms with Gasteiger partial charge in [0.25, 0.3) is 0 Å². The number of ketones is 1. The molecule has 3 aromatic rings. The van der Waals surface area contributed by atoms with Gasteiger partial charge in [0, 0.05) is 29.1 Å². The van der Waals surface area contributed by atoms with Gasteiger partial charge >= 0.3 is 0 Å². The molecule has 1 aromatic heterocycles. The second kappa shape index (κ2) is 8.83. The first kappa shape index (κ1) is 19.8. The molecule has 0 radical (unpaired) electrons. The average molecular weight is 446 g/mol. The molecule has 28 heavy (non-hydrogen) atoms. The van der Waals surface area contributed by atoms with Gasteiger partial charge in [-0.15, -0.1) is 10.2 Å². The first-order valence-electron chi connectivity index (χ1n) is 8.52. The number of carbonyl (C=O) groups is 2. The van der Waals surface area contributed by atoms with E-state index in [0.717, 1.165) is 10.0 Å². The third-order valence-corrected chi connectivity index (χ3v) is 4.51. The van der Waals surface area contributed by atoms with Crippen LogP contribution in [-0.2, 0) is 17.8 Å². The summed E-state index contributed by atoms with van der Waals surface area (Å²) in [7, 11) is 0. The summed E-state index contributed by atoms with van der Waals surface area (Å²) in [6.07, 6.45) is 0.348. The van der Waals surface area contributed by atoms with E-state index in [0.29, 0.717) is 24.4 Å². The van der Waals surface area contributed by atoms with E-state index >= 15 is 0 Å². The fraction of sp³-hybridized carbons (Fsp3) is 0.211. The molecule has 0 saturated carbocycles. The van der Waals surface area contributed by atoms with E-state index in [1.807, 2.05) is 24.3 Å². The van der Waals surface area contributed by atoms with Crippen LogP contribution in [0.25, 0.3) is 11.4 Å². The number of nitrogens with zero attached hydrogens (tertiary/aromatic N) is 4. The Morgan fingerprint density at radius 2 is 1.93 bits per heavy atom. The van der Waals surface area contributed by atoms with Crippen molar-refractivity contribution in [2.24, 2.45) is 0 Å². The SMILES string of the molecule is CC(=O)NCCc1ccc(C(=O)Cn2nnc(-c3ccc(Br)cc3)n2)cc1F. The zero-order chi connectivity index (χ0) is 20.1. The lowest BCUT2D eigenvalue weighted by Crippen LogP contribution is -2.22. The number of benzene rings is 2. The van der Waals surface area contributed by atoms with Gasteiger partial charge in [-0.3, -0.25) is 9.59 Å². The molecule has 0 fully saturated rings. The van der Waals surface area contributed by atoms with Crippen molar-refractivity contribution in [3.8, 4) is 11.4 Å². The molecule has 1 N–H and O–H groups in total. The van der Waals surface area contributed by atoms with Crippen LogP contribution in [0.2, 0.25) is 0 Å². The van der Waals surface area contributed by atoms with E-state index in [4.69, 9.17) is 0 Å². The fourth-order valence-corrected chi connectivity index (χ4v) is 2.81. The van der Waals surface area contributed by atoms with Gasteiger partial charge in [-0.25, -0.2) is 4.39 Å². The van der Waals surface area contributed by atoms with Crippen molar-refractivity contribution in [2.75, 3.05) is 6.54 Å². The van der Waals surface area contributed by atoms with E-state index in [1.165, 1.54) is 17.8 Å². The molecule has 2 aromatic carbocycles. The van der Waals surface area contributed by atoms with Crippen LogP contribution < -0.4 is 5.32 Å². The van der Waals surface area contributed by atoms with Crippen molar-refractivity contribution in [3.63, 3.8) is 0 Å². The summed E-state index contributed by atoms with van der Waals surface area (Å²) in [5.41, 5.74) is 1.43. The van der Waals surface area contributed by atoms with E-state index in [9.17, 15) is 14.0 Å². The Bertz CT molecular complexity index is 1000. The first-order valence-corrected chi connectivity index (χ1v) is 9.31. The standard InChI is InChI=1S/C19H17BrFN5O2/c1-12(27)22-9-8-13-2-3-15(10-17(13)21)18(28)11-26-24-19(23-25-26)14-4-6-16(20)7-5-14/h2-7,10H,8-9,11H2,1H3,(H,22,27). The number of halogens is 2. The lowest BCUT2D eigenvalue weighted by molar-refractivity contribution is -0.118. The largest absolute Gasteiger partial charge is 0.356 e. The first-order chi connectivity index (χ1) is 13.4. The molecule has 1 heterocycles. The van der Waals surface area contributed by atoms with Gasteiger partial charge < -0.3 is 5.32 Å². The monoisotopic (exact) mass is 445 g/mol. The number of carbonyl (C=O) groups excluding carboxylic acids is 2. The highest BCUT2D eigenvalue weighted by Gasteiger charge is 2.13. The Hall–Kier alpha value is -2.94. The Morgan fingerprint density at radius 3 is 2.61 bits per heavy atom. The third-order valence-electron chi connectivity index (χ3n) is 3.98. The number of rotatable bonds is 7. The van der Waals surface area contributed by atoms with Gasteiger partial charge in [-0.05, 0) is 47.5 Å². The number of nitrogens with one attached hydrogen (secondary N) is 1. The van der Waals surface area contributed by atoms with Crippen LogP contribution in [0.5, 0.6) is 0 Å². The maximum Gasteiger partial charge on any atom is 0.216 e. The molecule has 3 rings (SSSR count). The molecule has 0 saturated heterocycles. The second-order valence-electron chi connectivity index (χ2n) is 6.11. The lowest BCUT2D eigenvalue weighted by atomic mass is 10.1. The predicted molar refractivity (Wildman–Crippen MR) is 104 cm³/mol. The minimum absolute atomic E-state index is 0.145. The van der Waals surface area contributed by atoms with Crippen molar-refractivity contribution in [1.29, 1.82) is 0 Å². The summed E-state index contributed by atoms with van der Waals surface area (Å²) in [6, 6.07) is 11.7. The Morgan fingerprint density at radius 1 is 1.18 bits per heavy atom. The zero-order valence-electron chi connectivity index (χ0n) is 15.0. The van der Waals surface area contributed by atoms with E-state index in [-0.39, 0.29) is 23.8 Å². The normalized spacial score (nSPS) is 10.7. The summed E-state index contributed by atoms with van der Waals surface area (Å²) in [5.74, 6) is -0.583. The molecule has 0 unspecified atom stereocenters. The highest BCUT2D eigenvalue weighted by Crippen LogP contribution is 2.17. The van der Waals surface area contributed by atoms with E-state index < -0.39 is 5.82 Å². The third kappa shape index (κ3) is 5.07. The van der Waals surface area contributed by atoms with Crippen LogP contribution in [0.1, 0.15) is 22.8 Å². The summed E-state index contributed by atoms with van der Waals surface area (Å²) in [6.45, 7) is 1.59. The number of hydrogen-bond donors (Lipinski definition) is 1. The van der Waals surface area contributed by atoms with Crippen LogP contribution in [0, 0.1) is 5.82 Å². The number of Topliss-reactive ketones (excluding diaryl/α,β-unsaturated/α-hetero) is 1. The van der Waals surface area contributed by atoms with Crippen LogP contribution in [0.15, 0.2) is 46.9 Å². The molecule has 0 bridgehead atoms. The van der Waals surface area contributed by atoms with Gasteiger partial charge in [-0.2, -0.15) is 4.80 Å². The van der Waals surface area contributed by atoms with Gasteiger partial charge in [0.05, 0.1) is 0 Å². The molecule has 7 nitrogen and oxygen atoms in total. The Labute approximate surface area is 169 Å². The predicted octanol–water partition coefficient (Wildman–Crippen LogP) is 2.80. The number of aromatic nitrogens is 4. The molecule has 0 spiro atoms.